The molecule has 3 rings (SSSR count). The van der Waals surface area contributed by atoms with Crippen molar-refractivity contribution in [1.29, 1.82) is 0 Å². The first kappa shape index (κ1) is 40.9. The van der Waals surface area contributed by atoms with Gasteiger partial charge >= 0.3 is 0 Å². The number of nitrogens with zero attached hydrogens (tertiary/aromatic N) is 4. The standard InChI is InChI=1S/C23H26N6O16S5/c1-39-22-5-3-14(48(32,33)8-6-40-46-44-42-30)10-21(22)29-28-20-13-19(16(24)12-17(20)25)27-26-18-4-2-15(11-23(18)50(36,37)38)49(34,35)9-7-41-47-45-43-31/h2-5,10-13,30-31H,6-9,24-25H2,1H3,(H,36,37,38)/b27-26+,29-28+. The third-order valence-electron chi connectivity index (χ3n) is 5.87. The fraction of sp³-hybridized carbons (Fsp3) is 0.217. The molecule has 3 aromatic rings. The fourth-order valence-electron chi connectivity index (χ4n) is 3.57. The van der Waals surface area contributed by atoms with Gasteiger partial charge in [0.05, 0.1) is 53.0 Å². The highest BCUT2D eigenvalue weighted by Crippen LogP contribution is 2.38. The van der Waals surface area contributed by atoms with E-state index in [0.717, 1.165) is 12.1 Å². The molecular formula is C23H26N6O16S5. The number of nitrogens with two attached hydrogens (primary N) is 2. The molecule has 0 saturated carbocycles. The van der Waals surface area contributed by atoms with Crippen molar-refractivity contribution in [2.24, 2.45) is 20.5 Å². The Morgan fingerprint density at radius 1 is 0.660 bits per heavy atom. The molecule has 0 amide bonds. The summed E-state index contributed by atoms with van der Waals surface area (Å²) < 4.78 is 108. The van der Waals surface area contributed by atoms with Gasteiger partial charge in [0, 0.05) is 0 Å². The molecule has 0 fully saturated rings. The normalized spacial score (nSPS) is 12.6. The van der Waals surface area contributed by atoms with E-state index >= 15 is 0 Å². The van der Waals surface area contributed by atoms with Gasteiger partial charge in [0.25, 0.3) is 10.1 Å². The third-order valence-corrected chi connectivity index (χ3v) is 10.9. The van der Waals surface area contributed by atoms with Crippen LogP contribution in [0.25, 0.3) is 0 Å². The van der Waals surface area contributed by atoms with Crippen LogP contribution in [0.3, 0.4) is 0 Å². The maximum atomic E-state index is 12.8. The molecule has 0 spiro atoms. The van der Waals surface area contributed by atoms with Gasteiger partial charge in [-0.05, 0) is 48.5 Å². The molecule has 0 aliphatic heterocycles. The molecule has 0 aromatic heterocycles. The van der Waals surface area contributed by atoms with Crippen LogP contribution >= 0.6 is 24.6 Å². The highest BCUT2D eigenvalue weighted by atomic mass is 32.2. The van der Waals surface area contributed by atoms with E-state index in [2.05, 4.69) is 39.2 Å². The zero-order valence-electron chi connectivity index (χ0n) is 25.1. The second-order valence-electron chi connectivity index (χ2n) is 9.01. The van der Waals surface area contributed by atoms with Gasteiger partial charge < -0.3 is 16.2 Å². The molecule has 22 nitrogen and oxygen atoms in total. The summed E-state index contributed by atoms with van der Waals surface area (Å²) >= 11 is 0.356. The van der Waals surface area contributed by atoms with Crippen molar-refractivity contribution in [3.8, 4) is 5.75 Å². The van der Waals surface area contributed by atoms with Crippen molar-refractivity contribution in [1.82, 2.24) is 0 Å². The van der Waals surface area contributed by atoms with Gasteiger partial charge in [-0.3, -0.25) is 12.9 Å². The number of methoxy groups -OCH3 is 1. The smallest absolute Gasteiger partial charge is 0.296 e. The van der Waals surface area contributed by atoms with Crippen LogP contribution in [0.15, 0.2) is 83.7 Å². The van der Waals surface area contributed by atoms with E-state index < -0.39 is 63.4 Å². The molecule has 27 heteroatoms. The van der Waals surface area contributed by atoms with E-state index in [0.29, 0.717) is 6.07 Å². The van der Waals surface area contributed by atoms with Gasteiger partial charge in [0.1, 0.15) is 33.4 Å². The number of nitrogen functional groups attached to an aromatic ring is 2. The monoisotopic (exact) mass is 802 g/mol. The molecule has 3 aromatic carbocycles. The summed E-state index contributed by atoms with van der Waals surface area (Å²) in [5.74, 6) is -0.999. The minimum atomic E-state index is -5.03. The highest BCUT2D eigenvalue weighted by Gasteiger charge is 2.23. The lowest BCUT2D eigenvalue weighted by Crippen LogP contribution is -2.12. The topological polar surface area (TPSA) is 329 Å². The third kappa shape index (κ3) is 11.8. The molecule has 0 aliphatic carbocycles. The highest BCUT2D eigenvalue weighted by molar-refractivity contribution is 7.92. The number of rotatable bonds is 20. The Kier molecular flexibility index (Phi) is 15.2. The zero-order chi connectivity index (χ0) is 37.0. The Morgan fingerprint density at radius 2 is 1.14 bits per heavy atom. The molecule has 50 heavy (non-hydrogen) atoms. The number of hydrogen-bond donors (Lipinski definition) is 5. The Labute approximate surface area is 292 Å². The molecule has 274 valence electrons. The maximum Gasteiger partial charge on any atom is 0.296 e. The first-order chi connectivity index (χ1) is 23.6. The van der Waals surface area contributed by atoms with E-state index in [-0.39, 0.29) is 70.3 Å². The molecule has 0 unspecified atom stereocenters. The van der Waals surface area contributed by atoms with Gasteiger partial charge in [0.2, 0.25) is 0 Å². The summed E-state index contributed by atoms with van der Waals surface area (Å²) in [6.07, 6.45) is 0. The van der Waals surface area contributed by atoms with Crippen molar-refractivity contribution in [2.45, 2.75) is 14.7 Å². The number of azo groups is 2. The van der Waals surface area contributed by atoms with Crippen LogP contribution in [0.1, 0.15) is 0 Å². The Balaban J connectivity index is 1.90. The van der Waals surface area contributed by atoms with Crippen LogP contribution in [0.4, 0.5) is 34.1 Å². The molecule has 0 radical (unpaired) electrons. The van der Waals surface area contributed by atoms with Crippen molar-refractivity contribution in [3.05, 3.63) is 48.5 Å². The lowest BCUT2D eigenvalue weighted by molar-refractivity contribution is -0.434. The van der Waals surface area contributed by atoms with Crippen molar-refractivity contribution in [3.63, 3.8) is 0 Å². The summed E-state index contributed by atoms with van der Waals surface area (Å²) in [4.78, 5) is -1.57. The number of anilines is 2. The molecule has 0 bridgehead atoms. The second-order valence-corrected chi connectivity index (χ2v) is 15.6. The van der Waals surface area contributed by atoms with Crippen LogP contribution in [0.2, 0.25) is 0 Å². The van der Waals surface area contributed by atoms with Crippen molar-refractivity contribution in [2.75, 3.05) is 43.3 Å². The molecule has 7 N–H and O–H groups in total. The maximum absolute atomic E-state index is 12.8. The van der Waals surface area contributed by atoms with E-state index in [1.165, 1.54) is 37.4 Å². The van der Waals surface area contributed by atoms with E-state index in [1.54, 1.807) is 0 Å². The van der Waals surface area contributed by atoms with Crippen LogP contribution in [-0.2, 0) is 56.9 Å². The summed E-state index contributed by atoms with van der Waals surface area (Å²) in [7, 11) is -11.8. The van der Waals surface area contributed by atoms with E-state index in [9.17, 15) is 29.8 Å². The number of ether oxygens (including phenoxy) is 1. The van der Waals surface area contributed by atoms with E-state index in [4.69, 9.17) is 35.1 Å². The summed E-state index contributed by atoms with van der Waals surface area (Å²) in [5.41, 5.74) is 11.4. The SMILES string of the molecule is COc1ccc(S(=O)(=O)CCOSOOO)cc1/N=N/c1cc(/N=N/c2ccc(S(=O)(=O)CCOSOOO)cc2S(=O)(=O)O)c(N)cc1N. The zero-order valence-corrected chi connectivity index (χ0v) is 29.2. The van der Waals surface area contributed by atoms with Crippen LogP contribution in [0.5, 0.6) is 5.75 Å². The van der Waals surface area contributed by atoms with Crippen molar-refractivity contribution >= 4 is 88.6 Å². The van der Waals surface area contributed by atoms with Crippen molar-refractivity contribution < 1.29 is 72.2 Å². The molecule has 0 atom stereocenters. The Bertz CT molecular complexity index is 2030. The van der Waals surface area contributed by atoms with Gasteiger partial charge in [-0.25, -0.2) is 27.4 Å². The van der Waals surface area contributed by atoms with Gasteiger partial charge in [-0.2, -0.15) is 8.42 Å². The fourth-order valence-corrected chi connectivity index (χ4v) is 7.16. The van der Waals surface area contributed by atoms with Crippen LogP contribution in [-0.4, -0.2) is 72.1 Å². The minimum Gasteiger partial charge on any atom is -0.494 e. The first-order valence-electron chi connectivity index (χ1n) is 12.9. The van der Waals surface area contributed by atoms with E-state index in [1.807, 2.05) is 0 Å². The summed E-state index contributed by atoms with van der Waals surface area (Å²) in [5, 5.41) is 38.6. The quantitative estimate of drug-likeness (QED) is 0.0200. The lowest BCUT2D eigenvalue weighted by Gasteiger charge is -2.09. The lowest BCUT2D eigenvalue weighted by atomic mass is 10.2. The number of sulfone groups is 2. The average molecular weight is 803 g/mol. The molecule has 0 saturated heterocycles. The second kappa shape index (κ2) is 18.6. The Hall–Kier alpha value is -3.55. The largest absolute Gasteiger partial charge is 0.494 e. The average Bonchev–Trinajstić information content (AvgIpc) is 3.06. The summed E-state index contributed by atoms with van der Waals surface area (Å²) in [6.45, 7) is -0.789. The summed E-state index contributed by atoms with van der Waals surface area (Å²) in [6, 6.07) is 8.90. The predicted molar refractivity (Wildman–Crippen MR) is 174 cm³/mol. The molecular weight excluding hydrogens is 777 g/mol. The molecule has 0 heterocycles. The van der Waals surface area contributed by atoms with Gasteiger partial charge in [-0.1, -0.05) is 10.1 Å². The van der Waals surface area contributed by atoms with Crippen LogP contribution in [0, 0.1) is 0 Å². The van der Waals surface area contributed by atoms with Gasteiger partial charge in [0.15, 0.2) is 44.3 Å². The first-order valence-corrected chi connectivity index (χ1v) is 19.0. The minimum absolute atomic E-state index is 0.00248. The predicted octanol–water partition coefficient (Wildman–Crippen LogP) is 4.49. The van der Waals surface area contributed by atoms with Crippen LogP contribution < -0.4 is 16.2 Å². The number of hydrogen-bond acceptors (Lipinski definition) is 23. The Morgan fingerprint density at radius 3 is 1.64 bits per heavy atom. The molecule has 0 aliphatic rings. The number of benzene rings is 3. The van der Waals surface area contributed by atoms with Gasteiger partial charge in [-0.15, -0.1) is 29.1 Å².